The molecule has 0 amide bonds. The number of halogens is 1. The van der Waals surface area contributed by atoms with Crippen molar-refractivity contribution in [2.45, 2.75) is 13.5 Å². The molecule has 102 valence electrons. The molecule has 3 heterocycles. The Morgan fingerprint density at radius 1 is 1.26 bits per heavy atom. The Bertz CT molecular complexity index is 577. The van der Waals surface area contributed by atoms with E-state index in [2.05, 4.69) is 25.6 Å². The van der Waals surface area contributed by atoms with E-state index in [-0.39, 0.29) is 0 Å². The fourth-order valence-corrected chi connectivity index (χ4v) is 2.79. The second-order valence-corrected chi connectivity index (χ2v) is 5.18. The van der Waals surface area contributed by atoms with Crippen LogP contribution in [0.5, 0.6) is 0 Å². The number of hydrogen-bond donors (Lipinski definition) is 0. The Morgan fingerprint density at radius 3 is 2.84 bits per heavy atom. The SMILES string of the molecule is Cc1cn(CCN2CCOCC2)c2ncnc(Cl)c12. The van der Waals surface area contributed by atoms with Gasteiger partial charge in [-0.2, -0.15) is 0 Å². The van der Waals surface area contributed by atoms with Crippen LogP contribution < -0.4 is 0 Å². The molecule has 0 aliphatic carbocycles. The predicted molar refractivity (Wildman–Crippen MR) is 74.5 cm³/mol. The molecule has 1 aliphatic rings. The van der Waals surface area contributed by atoms with Gasteiger partial charge in [-0.1, -0.05) is 11.6 Å². The number of aryl methyl sites for hydroxylation is 1. The lowest BCUT2D eigenvalue weighted by molar-refractivity contribution is 0.0365. The highest BCUT2D eigenvalue weighted by Gasteiger charge is 2.13. The van der Waals surface area contributed by atoms with Gasteiger partial charge in [-0.25, -0.2) is 9.97 Å². The zero-order valence-electron chi connectivity index (χ0n) is 11.0. The molecule has 0 N–H and O–H groups in total. The monoisotopic (exact) mass is 280 g/mol. The fraction of sp³-hybridized carbons (Fsp3) is 0.538. The topological polar surface area (TPSA) is 43.2 Å². The van der Waals surface area contributed by atoms with Crippen LogP contribution in [0.15, 0.2) is 12.5 Å². The Morgan fingerprint density at radius 2 is 2.05 bits per heavy atom. The van der Waals surface area contributed by atoms with Gasteiger partial charge in [-0.3, -0.25) is 4.90 Å². The molecule has 1 aliphatic heterocycles. The summed E-state index contributed by atoms with van der Waals surface area (Å²) < 4.78 is 7.52. The third kappa shape index (κ3) is 2.59. The summed E-state index contributed by atoms with van der Waals surface area (Å²) >= 11 is 6.13. The van der Waals surface area contributed by atoms with E-state index < -0.39 is 0 Å². The minimum Gasteiger partial charge on any atom is -0.379 e. The Hall–Kier alpha value is -1.17. The van der Waals surface area contributed by atoms with Crippen LogP contribution in [0.3, 0.4) is 0 Å². The molecule has 5 nitrogen and oxygen atoms in total. The standard InChI is InChI=1S/C13H17ClN4O/c1-10-8-18(3-2-17-4-6-19-7-5-17)13-11(10)12(14)15-9-16-13/h8-9H,2-7H2,1H3. The maximum absolute atomic E-state index is 6.13. The Kier molecular flexibility index (Phi) is 3.68. The van der Waals surface area contributed by atoms with E-state index in [1.807, 2.05) is 6.92 Å². The van der Waals surface area contributed by atoms with Gasteiger partial charge in [0.1, 0.15) is 17.1 Å². The number of nitrogens with zero attached hydrogens (tertiary/aromatic N) is 4. The van der Waals surface area contributed by atoms with E-state index in [0.717, 1.165) is 56.0 Å². The lowest BCUT2D eigenvalue weighted by atomic mass is 10.3. The number of rotatable bonds is 3. The Labute approximate surface area is 117 Å². The molecule has 6 heteroatoms. The van der Waals surface area contributed by atoms with Gasteiger partial charge in [-0.15, -0.1) is 0 Å². The molecule has 0 spiro atoms. The largest absolute Gasteiger partial charge is 0.379 e. The minimum atomic E-state index is 0.535. The average molecular weight is 281 g/mol. The van der Waals surface area contributed by atoms with Crippen LogP contribution in [0.25, 0.3) is 11.0 Å². The second kappa shape index (κ2) is 5.45. The third-order valence-electron chi connectivity index (χ3n) is 3.56. The first kappa shape index (κ1) is 12.8. The first-order valence-corrected chi connectivity index (χ1v) is 6.89. The number of hydrogen-bond acceptors (Lipinski definition) is 4. The van der Waals surface area contributed by atoms with E-state index >= 15 is 0 Å². The van der Waals surface area contributed by atoms with Crippen LogP contribution in [0.1, 0.15) is 5.56 Å². The molecular formula is C13H17ClN4O. The summed E-state index contributed by atoms with van der Waals surface area (Å²) in [4.78, 5) is 10.8. The molecule has 3 rings (SSSR count). The number of ether oxygens (including phenoxy) is 1. The summed E-state index contributed by atoms with van der Waals surface area (Å²) in [6.07, 6.45) is 3.63. The second-order valence-electron chi connectivity index (χ2n) is 4.82. The normalized spacial score (nSPS) is 17.2. The summed E-state index contributed by atoms with van der Waals surface area (Å²) in [7, 11) is 0. The zero-order valence-corrected chi connectivity index (χ0v) is 11.7. The van der Waals surface area contributed by atoms with E-state index in [4.69, 9.17) is 16.3 Å². The van der Waals surface area contributed by atoms with Crippen molar-refractivity contribution < 1.29 is 4.74 Å². The van der Waals surface area contributed by atoms with Crippen molar-refractivity contribution in [2.75, 3.05) is 32.8 Å². The van der Waals surface area contributed by atoms with Crippen molar-refractivity contribution in [3.05, 3.63) is 23.2 Å². The van der Waals surface area contributed by atoms with Crippen LogP contribution >= 0.6 is 11.6 Å². The fourth-order valence-electron chi connectivity index (χ4n) is 2.52. The number of fused-ring (bicyclic) bond motifs is 1. The summed E-state index contributed by atoms with van der Waals surface area (Å²) in [6, 6.07) is 0. The lowest BCUT2D eigenvalue weighted by Gasteiger charge is -2.26. The van der Waals surface area contributed by atoms with Crippen LogP contribution in [0, 0.1) is 6.92 Å². The number of morpholine rings is 1. The molecule has 0 atom stereocenters. The average Bonchev–Trinajstić information content (AvgIpc) is 2.76. The van der Waals surface area contributed by atoms with Crippen LogP contribution in [0.2, 0.25) is 5.15 Å². The lowest BCUT2D eigenvalue weighted by Crippen LogP contribution is -2.38. The van der Waals surface area contributed by atoms with Gasteiger partial charge < -0.3 is 9.30 Å². The van der Waals surface area contributed by atoms with Crippen LogP contribution in [0.4, 0.5) is 0 Å². The minimum absolute atomic E-state index is 0.535. The van der Waals surface area contributed by atoms with Gasteiger partial charge in [0.2, 0.25) is 0 Å². The maximum Gasteiger partial charge on any atom is 0.145 e. The van der Waals surface area contributed by atoms with Crippen LogP contribution in [-0.2, 0) is 11.3 Å². The smallest absolute Gasteiger partial charge is 0.145 e. The predicted octanol–water partition coefficient (Wildman–Crippen LogP) is 1.73. The molecule has 0 unspecified atom stereocenters. The molecule has 0 radical (unpaired) electrons. The van der Waals surface area contributed by atoms with E-state index in [1.54, 1.807) is 0 Å². The van der Waals surface area contributed by atoms with E-state index in [9.17, 15) is 0 Å². The van der Waals surface area contributed by atoms with Gasteiger partial charge >= 0.3 is 0 Å². The molecular weight excluding hydrogens is 264 g/mol. The van der Waals surface area contributed by atoms with Gasteiger partial charge in [0.25, 0.3) is 0 Å². The van der Waals surface area contributed by atoms with Gasteiger partial charge in [0.05, 0.1) is 18.6 Å². The molecule has 2 aromatic rings. The third-order valence-corrected chi connectivity index (χ3v) is 3.84. The van der Waals surface area contributed by atoms with Gasteiger partial charge in [-0.05, 0) is 12.5 Å². The quantitative estimate of drug-likeness (QED) is 0.803. The number of aromatic nitrogens is 3. The van der Waals surface area contributed by atoms with Crippen molar-refractivity contribution in [3.8, 4) is 0 Å². The van der Waals surface area contributed by atoms with Gasteiger partial charge in [0, 0.05) is 32.4 Å². The molecule has 0 saturated carbocycles. The highest BCUT2D eigenvalue weighted by molar-refractivity contribution is 6.34. The molecule has 2 aromatic heterocycles. The summed E-state index contributed by atoms with van der Waals surface area (Å²) in [6.45, 7) is 7.65. The van der Waals surface area contributed by atoms with Crippen molar-refractivity contribution in [3.63, 3.8) is 0 Å². The zero-order chi connectivity index (χ0) is 13.2. The van der Waals surface area contributed by atoms with Crippen LogP contribution in [-0.4, -0.2) is 52.3 Å². The van der Waals surface area contributed by atoms with Crippen molar-refractivity contribution in [1.82, 2.24) is 19.4 Å². The molecule has 1 saturated heterocycles. The van der Waals surface area contributed by atoms with E-state index in [0.29, 0.717) is 5.15 Å². The van der Waals surface area contributed by atoms with Crippen molar-refractivity contribution in [2.24, 2.45) is 0 Å². The molecule has 19 heavy (non-hydrogen) atoms. The van der Waals surface area contributed by atoms with Crippen molar-refractivity contribution in [1.29, 1.82) is 0 Å². The highest BCUT2D eigenvalue weighted by atomic mass is 35.5. The summed E-state index contributed by atoms with van der Waals surface area (Å²) in [5.74, 6) is 0. The van der Waals surface area contributed by atoms with Crippen molar-refractivity contribution >= 4 is 22.6 Å². The summed E-state index contributed by atoms with van der Waals surface area (Å²) in [5, 5.41) is 1.50. The maximum atomic E-state index is 6.13. The van der Waals surface area contributed by atoms with E-state index in [1.165, 1.54) is 6.33 Å². The van der Waals surface area contributed by atoms with Gasteiger partial charge in [0.15, 0.2) is 0 Å². The first-order valence-electron chi connectivity index (χ1n) is 6.52. The molecule has 0 bridgehead atoms. The summed E-state index contributed by atoms with van der Waals surface area (Å²) in [5.41, 5.74) is 2.05. The molecule has 1 fully saturated rings. The molecule has 0 aromatic carbocycles. The first-order chi connectivity index (χ1) is 9.25. The Balaban J connectivity index is 1.79. The highest BCUT2D eigenvalue weighted by Crippen LogP contribution is 2.24.